The van der Waals surface area contributed by atoms with Gasteiger partial charge in [-0.15, -0.1) is 0 Å². The van der Waals surface area contributed by atoms with Crippen LogP contribution in [0.1, 0.15) is 34.1 Å². The van der Waals surface area contributed by atoms with Crippen LogP contribution >= 0.6 is 0 Å². The molecular weight excluding hydrogens is 112 g/mol. The van der Waals surface area contributed by atoms with E-state index in [9.17, 15) is 4.79 Å². The lowest BCUT2D eigenvalue weighted by atomic mass is 9.52. The Morgan fingerprint density at radius 2 is 1.67 bits per heavy atom. The molecule has 0 amide bonds. The van der Waals surface area contributed by atoms with Crippen LogP contribution in [0.2, 0.25) is 0 Å². The van der Waals surface area contributed by atoms with Crippen molar-refractivity contribution < 1.29 is 4.79 Å². The molecule has 0 aliphatic heterocycles. The Bertz CT molecular complexity index is 154. The van der Waals surface area contributed by atoms with E-state index in [2.05, 4.69) is 13.8 Å². The molecule has 1 fully saturated rings. The third kappa shape index (κ3) is 0.637. The minimum atomic E-state index is -0.0625. The molecule has 0 spiro atoms. The molecule has 0 atom stereocenters. The van der Waals surface area contributed by atoms with Crippen LogP contribution in [0.4, 0.5) is 0 Å². The summed E-state index contributed by atoms with van der Waals surface area (Å²) in [6, 6.07) is 0. The van der Waals surface area contributed by atoms with Gasteiger partial charge in [0.2, 0.25) is 0 Å². The average Bonchev–Trinajstić information content (AvgIpc) is 1.65. The number of hydrogen-bond donors (Lipinski definition) is 0. The fourth-order valence-electron chi connectivity index (χ4n) is 1.11. The molecule has 0 radical (unpaired) electrons. The predicted molar refractivity (Wildman–Crippen MR) is 37.2 cm³/mol. The summed E-state index contributed by atoms with van der Waals surface area (Å²) in [6.07, 6.45) is 0.764. The van der Waals surface area contributed by atoms with Gasteiger partial charge in [0.25, 0.3) is 0 Å². The molecule has 0 N–H and O–H groups in total. The molecule has 9 heavy (non-hydrogen) atoms. The Morgan fingerprint density at radius 3 is 1.67 bits per heavy atom. The third-order valence-corrected chi connectivity index (χ3v) is 2.99. The number of ketones is 1. The van der Waals surface area contributed by atoms with Crippen molar-refractivity contribution in [2.45, 2.75) is 34.1 Å². The average molecular weight is 126 g/mol. The number of carbonyl (C=O) groups is 1. The Hall–Kier alpha value is -0.330. The summed E-state index contributed by atoms with van der Waals surface area (Å²) in [5.74, 6) is 0.410. The summed E-state index contributed by atoms with van der Waals surface area (Å²) in [5.41, 5.74) is 0.178. The van der Waals surface area contributed by atoms with Gasteiger partial charge in [0.15, 0.2) is 0 Å². The molecule has 52 valence electrons. The third-order valence-electron chi connectivity index (χ3n) is 2.99. The SMILES string of the molecule is CC1(C)CC(=O)C1(C)C. The molecule has 1 rings (SSSR count). The molecule has 1 nitrogen and oxygen atoms in total. The monoisotopic (exact) mass is 126 g/mol. The van der Waals surface area contributed by atoms with Crippen molar-refractivity contribution in [2.75, 3.05) is 0 Å². The summed E-state index contributed by atoms with van der Waals surface area (Å²) in [7, 11) is 0. The van der Waals surface area contributed by atoms with Gasteiger partial charge in [-0.1, -0.05) is 27.7 Å². The highest BCUT2D eigenvalue weighted by molar-refractivity contribution is 5.91. The maximum Gasteiger partial charge on any atom is 0.139 e. The van der Waals surface area contributed by atoms with Gasteiger partial charge in [-0.2, -0.15) is 0 Å². The van der Waals surface area contributed by atoms with E-state index in [1.54, 1.807) is 0 Å². The van der Waals surface area contributed by atoms with Crippen LogP contribution < -0.4 is 0 Å². The smallest absolute Gasteiger partial charge is 0.139 e. The topological polar surface area (TPSA) is 17.1 Å². The van der Waals surface area contributed by atoms with Gasteiger partial charge in [-0.25, -0.2) is 0 Å². The van der Waals surface area contributed by atoms with Gasteiger partial charge >= 0.3 is 0 Å². The normalized spacial score (nSPS) is 29.6. The predicted octanol–water partition coefficient (Wildman–Crippen LogP) is 2.01. The second-order valence-electron chi connectivity index (χ2n) is 4.11. The molecule has 1 heteroatoms. The molecule has 0 aromatic rings. The van der Waals surface area contributed by atoms with Crippen molar-refractivity contribution >= 4 is 5.78 Å². The molecule has 1 saturated carbocycles. The van der Waals surface area contributed by atoms with Crippen LogP contribution in [0.3, 0.4) is 0 Å². The zero-order valence-corrected chi connectivity index (χ0v) is 6.62. The quantitative estimate of drug-likeness (QED) is 0.485. The van der Waals surface area contributed by atoms with Crippen LogP contribution in [0, 0.1) is 10.8 Å². The molecule has 0 aromatic carbocycles. The van der Waals surface area contributed by atoms with E-state index in [1.807, 2.05) is 13.8 Å². The fraction of sp³-hybridized carbons (Fsp3) is 0.875. The van der Waals surface area contributed by atoms with Crippen molar-refractivity contribution in [2.24, 2.45) is 10.8 Å². The van der Waals surface area contributed by atoms with E-state index in [0.29, 0.717) is 5.78 Å². The van der Waals surface area contributed by atoms with Gasteiger partial charge in [0.1, 0.15) is 5.78 Å². The first-order valence-electron chi connectivity index (χ1n) is 3.41. The summed E-state index contributed by atoms with van der Waals surface area (Å²) >= 11 is 0. The summed E-state index contributed by atoms with van der Waals surface area (Å²) in [6.45, 7) is 8.35. The number of carbonyl (C=O) groups excluding carboxylic acids is 1. The molecule has 0 unspecified atom stereocenters. The van der Waals surface area contributed by atoms with Crippen LogP contribution in [-0.4, -0.2) is 5.78 Å². The van der Waals surface area contributed by atoms with Gasteiger partial charge in [0.05, 0.1) is 0 Å². The number of hydrogen-bond acceptors (Lipinski definition) is 1. The first-order valence-corrected chi connectivity index (χ1v) is 3.41. The van der Waals surface area contributed by atoms with E-state index in [-0.39, 0.29) is 10.8 Å². The van der Waals surface area contributed by atoms with E-state index in [4.69, 9.17) is 0 Å². The Morgan fingerprint density at radius 1 is 1.22 bits per heavy atom. The summed E-state index contributed by atoms with van der Waals surface area (Å²) in [5, 5.41) is 0. The molecule has 0 aromatic heterocycles. The van der Waals surface area contributed by atoms with E-state index >= 15 is 0 Å². The van der Waals surface area contributed by atoms with Crippen LogP contribution in [0.15, 0.2) is 0 Å². The first-order chi connectivity index (χ1) is 3.88. The molecule has 1 aliphatic carbocycles. The summed E-state index contributed by atoms with van der Waals surface area (Å²) < 4.78 is 0. The minimum Gasteiger partial charge on any atom is -0.299 e. The second kappa shape index (κ2) is 1.39. The largest absolute Gasteiger partial charge is 0.299 e. The van der Waals surface area contributed by atoms with Crippen molar-refractivity contribution in [1.82, 2.24) is 0 Å². The molecule has 1 aliphatic rings. The van der Waals surface area contributed by atoms with E-state index in [1.165, 1.54) is 0 Å². The highest BCUT2D eigenvalue weighted by atomic mass is 16.1. The van der Waals surface area contributed by atoms with Gasteiger partial charge in [-0.05, 0) is 5.41 Å². The van der Waals surface area contributed by atoms with Gasteiger partial charge < -0.3 is 0 Å². The van der Waals surface area contributed by atoms with Crippen molar-refractivity contribution in [3.05, 3.63) is 0 Å². The maximum absolute atomic E-state index is 11.0. The first kappa shape index (κ1) is 6.79. The highest BCUT2D eigenvalue weighted by Gasteiger charge is 2.53. The van der Waals surface area contributed by atoms with E-state index < -0.39 is 0 Å². The van der Waals surface area contributed by atoms with Crippen LogP contribution in [0.5, 0.6) is 0 Å². The van der Waals surface area contributed by atoms with E-state index in [0.717, 1.165) is 6.42 Å². The Kier molecular flexibility index (Phi) is 1.05. The van der Waals surface area contributed by atoms with Gasteiger partial charge in [0, 0.05) is 11.8 Å². The lowest BCUT2D eigenvalue weighted by molar-refractivity contribution is -0.151. The standard InChI is InChI=1S/C8H14O/c1-7(2)5-6(9)8(7,3)4/h5H2,1-4H3. The molecular formula is C8H14O. The lowest BCUT2D eigenvalue weighted by Crippen LogP contribution is -2.51. The minimum absolute atomic E-state index is 0.0625. The second-order valence-corrected chi connectivity index (χ2v) is 4.11. The Labute approximate surface area is 56.4 Å². The molecule has 0 heterocycles. The van der Waals surface area contributed by atoms with Crippen molar-refractivity contribution in [3.8, 4) is 0 Å². The van der Waals surface area contributed by atoms with Crippen molar-refractivity contribution in [3.63, 3.8) is 0 Å². The van der Waals surface area contributed by atoms with Crippen molar-refractivity contribution in [1.29, 1.82) is 0 Å². The Balaban J connectivity index is 2.82. The highest BCUT2D eigenvalue weighted by Crippen LogP contribution is 2.52. The zero-order valence-electron chi connectivity index (χ0n) is 6.62. The van der Waals surface area contributed by atoms with Crippen LogP contribution in [0.25, 0.3) is 0 Å². The zero-order chi connectivity index (χ0) is 7.28. The van der Waals surface area contributed by atoms with Crippen LogP contribution in [-0.2, 0) is 4.79 Å². The lowest BCUT2D eigenvalue weighted by Gasteiger charge is -2.50. The van der Waals surface area contributed by atoms with Gasteiger partial charge in [-0.3, -0.25) is 4.79 Å². The fourth-order valence-corrected chi connectivity index (χ4v) is 1.11. The number of rotatable bonds is 0. The molecule has 0 saturated heterocycles. The molecule has 0 bridgehead atoms. The summed E-state index contributed by atoms with van der Waals surface area (Å²) in [4.78, 5) is 11.0. The maximum atomic E-state index is 11.0. The number of Topliss-reactive ketones (excluding diaryl/α,β-unsaturated/α-hetero) is 1.